The summed E-state index contributed by atoms with van der Waals surface area (Å²) in [6.45, 7) is 3.69. The Balaban J connectivity index is 0.000000450. The van der Waals surface area contributed by atoms with Crippen molar-refractivity contribution < 1.29 is 52.7 Å². The van der Waals surface area contributed by atoms with Crippen LogP contribution in [0.25, 0.3) is 0 Å². The summed E-state index contributed by atoms with van der Waals surface area (Å²) in [4.78, 5) is 1.62. The van der Waals surface area contributed by atoms with Crippen LogP contribution in [0.3, 0.4) is 0 Å². The third-order valence-corrected chi connectivity index (χ3v) is 5.63. The molecule has 0 aliphatic carbocycles. The van der Waals surface area contributed by atoms with Gasteiger partial charge in [0.25, 0.3) is 0 Å². The van der Waals surface area contributed by atoms with Crippen molar-refractivity contribution in [2.75, 3.05) is 36.0 Å². The molecule has 248 valence electrons. The van der Waals surface area contributed by atoms with E-state index in [0.29, 0.717) is 12.1 Å². The van der Waals surface area contributed by atoms with E-state index in [1.165, 1.54) is 18.2 Å². The van der Waals surface area contributed by atoms with Crippen LogP contribution in [0.2, 0.25) is 0 Å². The van der Waals surface area contributed by atoms with Gasteiger partial charge >= 0.3 is 24.7 Å². The molecule has 2 aromatic rings. The highest BCUT2D eigenvalue weighted by atomic mass is 19.4. The zero-order valence-corrected chi connectivity index (χ0v) is 24.3. The number of halogens is 12. The maximum absolute atomic E-state index is 12.9. The molecular weight excluding hydrogens is 632 g/mol. The Hall–Kier alpha value is -4.08. The molecule has 0 aromatic heterocycles. The summed E-state index contributed by atoms with van der Waals surface area (Å²) in [6.07, 6.45) is -17.2. The molecule has 0 amide bonds. The van der Waals surface area contributed by atoms with Crippen molar-refractivity contribution >= 4 is 11.4 Å². The van der Waals surface area contributed by atoms with E-state index in [0.717, 1.165) is 39.6 Å². The Bertz CT molecular complexity index is 1380. The van der Waals surface area contributed by atoms with Crippen LogP contribution >= 0.6 is 0 Å². The molecule has 0 unspecified atom stereocenters. The van der Waals surface area contributed by atoms with Crippen molar-refractivity contribution in [1.82, 2.24) is 0 Å². The normalized spacial score (nSPS) is 12.1. The first-order chi connectivity index (χ1) is 20.4. The molecule has 45 heavy (non-hydrogen) atoms. The molecule has 0 saturated carbocycles. The summed E-state index contributed by atoms with van der Waals surface area (Å²) in [5.41, 5.74) is -3.45. The molecule has 0 fully saturated rings. The van der Waals surface area contributed by atoms with Crippen LogP contribution < -0.4 is 9.80 Å². The van der Waals surface area contributed by atoms with Crippen LogP contribution in [0, 0.1) is 28.6 Å². The lowest BCUT2D eigenvalue weighted by Crippen LogP contribution is -2.37. The predicted octanol–water partition coefficient (Wildman–Crippen LogP) is 9.51. The standard InChI is InChI=1S/C15H14F6N2.C14H14F6N2/c1-10(2)5-6-23(9-14(16,17)18)12-4-3-11(8-22)13(7-12)15(19,20)21;1-9(2)7-22(8-13(15,16)17)11-4-3-10(6-21)12(5-11)14(18,19)20/h3-5,7H,6,9H2,1-2H3;3-5,9H,7-8H2,1-2H3. The van der Waals surface area contributed by atoms with Gasteiger partial charge in [0.2, 0.25) is 0 Å². The molecule has 0 N–H and O–H groups in total. The van der Waals surface area contributed by atoms with E-state index in [1.54, 1.807) is 27.7 Å². The highest BCUT2D eigenvalue weighted by Gasteiger charge is 2.37. The van der Waals surface area contributed by atoms with E-state index < -0.39 is 60.0 Å². The second-order valence-corrected chi connectivity index (χ2v) is 10.3. The average Bonchev–Trinajstić information content (AvgIpc) is 2.87. The largest absolute Gasteiger partial charge is 0.417 e. The monoisotopic (exact) mass is 660 g/mol. The van der Waals surface area contributed by atoms with Crippen molar-refractivity contribution in [2.24, 2.45) is 5.92 Å². The quantitative estimate of drug-likeness (QED) is 0.209. The number of anilines is 2. The third kappa shape index (κ3) is 13.6. The maximum atomic E-state index is 12.9. The molecule has 16 heteroatoms. The lowest BCUT2D eigenvalue weighted by atomic mass is 10.1. The molecule has 4 nitrogen and oxygen atoms in total. The molecule has 0 saturated heterocycles. The first-order valence-electron chi connectivity index (χ1n) is 12.9. The van der Waals surface area contributed by atoms with Crippen LogP contribution in [0.1, 0.15) is 49.9 Å². The van der Waals surface area contributed by atoms with Crippen LogP contribution in [0.4, 0.5) is 64.1 Å². The van der Waals surface area contributed by atoms with Gasteiger partial charge in [-0.25, -0.2) is 0 Å². The van der Waals surface area contributed by atoms with Gasteiger partial charge < -0.3 is 9.80 Å². The number of hydrogen-bond donors (Lipinski definition) is 0. The fourth-order valence-electron chi connectivity index (χ4n) is 3.81. The first-order valence-corrected chi connectivity index (χ1v) is 12.9. The van der Waals surface area contributed by atoms with Crippen molar-refractivity contribution in [2.45, 2.75) is 52.4 Å². The minimum absolute atomic E-state index is 0.0529. The molecular formula is C29H28F12N4. The highest BCUT2D eigenvalue weighted by molar-refractivity contribution is 5.56. The number of allylic oxidation sites excluding steroid dienone is 1. The Labute approximate surface area is 251 Å². The Morgan fingerprint density at radius 2 is 1.07 bits per heavy atom. The topological polar surface area (TPSA) is 54.1 Å². The van der Waals surface area contributed by atoms with Gasteiger partial charge in [-0.15, -0.1) is 0 Å². The molecule has 0 aliphatic rings. The summed E-state index contributed by atoms with van der Waals surface area (Å²) in [7, 11) is 0. The van der Waals surface area contributed by atoms with Gasteiger partial charge in [0.05, 0.1) is 34.4 Å². The molecule has 0 aliphatic heterocycles. The van der Waals surface area contributed by atoms with Gasteiger partial charge in [0, 0.05) is 24.5 Å². The second-order valence-electron chi connectivity index (χ2n) is 10.3. The van der Waals surface area contributed by atoms with Gasteiger partial charge in [-0.2, -0.15) is 63.2 Å². The van der Waals surface area contributed by atoms with Gasteiger partial charge in [-0.1, -0.05) is 25.5 Å². The number of nitriles is 2. The van der Waals surface area contributed by atoms with E-state index in [4.69, 9.17) is 10.5 Å². The lowest BCUT2D eigenvalue weighted by Gasteiger charge is -2.28. The first kappa shape index (κ1) is 38.9. The fraction of sp³-hybridized carbons (Fsp3) is 0.448. The van der Waals surface area contributed by atoms with E-state index in [-0.39, 0.29) is 30.4 Å². The Kier molecular flexibility index (Phi) is 13.2. The average molecular weight is 661 g/mol. The number of alkyl halides is 12. The zero-order chi connectivity index (χ0) is 35.0. The smallest absolute Gasteiger partial charge is 0.362 e. The van der Waals surface area contributed by atoms with Crippen molar-refractivity contribution in [1.29, 1.82) is 10.5 Å². The van der Waals surface area contributed by atoms with Crippen LogP contribution in [0.5, 0.6) is 0 Å². The lowest BCUT2D eigenvalue weighted by molar-refractivity contribution is -0.138. The predicted molar refractivity (Wildman–Crippen MR) is 143 cm³/mol. The molecule has 0 heterocycles. The third-order valence-electron chi connectivity index (χ3n) is 5.63. The fourth-order valence-corrected chi connectivity index (χ4v) is 3.81. The molecule has 0 atom stereocenters. The summed E-state index contributed by atoms with van der Waals surface area (Å²) in [6, 6.07) is 7.90. The minimum atomic E-state index is -4.82. The van der Waals surface area contributed by atoms with Gasteiger partial charge in [-0.05, 0) is 56.2 Å². The Morgan fingerprint density at radius 3 is 1.38 bits per heavy atom. The number of hydrogen-bond acceptors (Lipinski definition) is 4. The van der Waals surface area contributed by atoms with E-state index in [9.17, 15) is 52.7 Å². The molecule has 0 radical (unpaired) electrons. The van der Waals surface area contributed by atoms with Crippen molar-refractivity contribution in [3.63, 3.8) is 0 Å². The molecule has 0 spiro atoms. The van der Waals surface area contributed by atoms with Gasteiger partial charge in [-0.3, -0.25) is 0 Å². The summed E-state index contributed by atoms with van der Waals surface area (Å²) in [5.74, 6) is -0.174. The van der Waals surface area contributed by atoms with Crippen LogP contribution in [0.15, 0.2) is 48.0 Å². The minimum Gasteiger partial charge on any atom is -0.362 e. The molecule has 2 aromatic carbocycles. The highest BCUT2D eigenvalue weighted by Crippen LogP contribution is 2.36. The molecule has 2 rings (SSSR count). The number of benzene rings is 2. The van der Waals surface area contributed by atoms with E-state index in [2.05, 4.69) is 0 Å². The summed E-state index contributed by atoms with van der Waals surface area (Å²) < 4.78 is 153. The summed E-state index contributed by atoms with van der Waals surface area (Å²) in [5, 5.41) is 17.4. The zero-order valence-electron chi connectivity index (χ0n) is 24.3. The van der Waals surface area contributed by atoms with Gasteiger partial charge in [0.1, 0.15) is 13.1 Å². The van der Waals surface area contributed by atoms with E-state index in [1.807, 2.05) is 0 Å². The SMILES string of the molecule is CC(C)=CCN(CC(F)(F)F)c1ccc(C#N)c(C(F)(F)F)c1.CC(C)CN(CC(F)(F)F)c1ccc(C#N)c(C(F)(F)F)c1. The number of rotatable bonds is 8. The van der Waals surface area contributed by atoms with Crippen LogP contribution in [-0.4, -0.2) is 38.5 Å². The van der Waals surface area contributed by atoms with Crippen molar-refractivity contribution in [3.8, 4) is 12.1 Å². The maximum Gasteiger partial charge on any atom is 0.417 e. The Morgan fingerprint density at radius 1 is 0.689 bits per heavy atom. The van der Waals surface area contributed by atoms with Crippen molar-refractivity contribution in [3.05, 3.63) is 70.3 Å². The van der Waals surface area contributed by atoms with E-state index >= 15 is 0 Å². The van der Waals surface area contributed by atoms with Gasteiger partial charge in [0.15, 0.2) is 0 Å². The molecule has 0 bridgehead atoms. The number of nitrogens with zero attached hydrogens (tertiary/aromatic N) is 4. The van der Waals surface area contributed by atoms with Crippen LogP contribution in [-0.2, 0) is 12.4 Å². The summed E-state index contributed by atoms with van der Waals surface area (Å²) >= 11 is 0. The second kappa shape index (κ2) is 15.3.